The van der Waals surface area contributed by atoms with Gasteiger partial charge in [-0.25, -0.2) is 0 Å². The Kier molecular flexibility index (Phi) is 6.32. The van der Waals surface area contributed by atoms with Crippen LogP contribution in [0.3, 0.4) is 0 Å². The predicted molar refractivity (Wildman–Crippen MR) is 90.1 cm³/mol. The summed E-state index contributed by atoms with van der Waals surface area (Å²) >= 11 is 0. The number of aryl methyl sites for hydroxylation is 1. The molecule has 1 aromatic carbocycles. The average molecular weight is 285 g/mol. The van der Waals surface area contributed by atoms with E-state index < -0.39 is 0 Å². The van der Waals surface area contributed by atoms with E-state index in [1.807, 2.05) is 18.2 Å². The molecule has 3 heteroatoms. The molecule has 114 valence electrons. The SMILES string of the molecule is CCCCCCCCCc1[nH]nc(N)c1-c1ccccc1. The fourth-order valence-corrected chi connectivity index (χ4v) is 2.76. The lowest BCUT2D eigenvalue weighted by Gasteiger charge is -2.05. The molecular formula is C18H27N3. The molecule has 1 aromatic heterocycles. The highest BCUT2D eigenvalue weighted by Gasteiger charge is 2.12. The minimum Gasteiger partial charge on any atom is -0.382 e. The molecule has 2 rings (SSSR count). The van der Waals surface area contributed by atoms with E-state index in [-0.39, 0.29) is 0 Å². The second-order valence-corrected chi connectivity index (χ2v) is 5.70. The molecule has 0 aliphatic heterocycles. The van der Waals surface area contributed by atoms with Crippen LogP contribution in [0.2, 0.25) is 0 Å². The van der Waals surface area contributed by atoms with Crippen molar-refractivity contribution in [2.45, 2.75) is 58.3 Å². The molecule has 0 spiro atoms. The Morgan fingerprint density at radius 3 is 2.33 bits per heavy atom. The molecule has 1 heterocycles. The third-order valence-corrected chi connectivity index (χ3v) is 3.96. The van der Waals surface area contributed by atoms with Crippen LogP contribution in [0.15, 0.2) is 30.3 Å². The number of aromatic amines is 1. The van der Waals surface area contributed by atoms with Crippen LogP contribution in [0.1, 0.15) is 57.6 Å². The van der Waals surface area contributed by atoms with Crippen molar-refractivity contribution in [2.75, 3.05) is 5.73 Å². The van der Waals surface area contributed by atoms with Crippen molar-refractivity contribution in [1.29, 1.82) is 0 Å². The largest absolute Gasteiger partial charge is 0.382 e. The lowest BCUT2D eigenvalue weighted by atomic mass is 10.0. The number of rotatable bonds is 9. The van der Waals surface area contributed by atoms with Crippen molar-refractivity contribution in [3.63, 3.8) is 0 Å². The molecule has 21 heavy (non-hydrogen) atoms. The van der Waals surface area contributed by atoms with Gasteiger partial charge in [0.1, 0.15) is 0 Å². The Balaban J connectivity index is 1.84. The zero-order valence-electron chi connectivity index (χ0n) is 13.1. The molecule has 0 aliphatic carbocycles. The van der Waals surface area contributed by atoms with Crippen LogP contribution in [0.25, 0.3) is 11.1 Å². The third kappa shape index (κ3) is 4.62. The molecular weight excluding hydrogens is 258 g/mol. The van der Waals surface area contributed by atoms with E-state index in [1.165, 1.54) is 50.6 Å². The van der Waals surface area contributed by atoms with Crippen molar-refractivity contribution < 1.29 is 0 Å². The van der Waals surface area contributed by atoms with E-state index >= 15 is 0 Å². The van der Waals surface area contributed by atoms with Crippen LogP contribution in [0, 0.1) is 0 Å². The van der Waals surface area contributed by atoms with Crippen LogP contribution in [-0.2, 0) is 6.42 Å². The molecule has 0 unspecified atom stereocenters. The standard InChI is InChI=1S/C18H27N3/c1-2-3-4-5-6-7-11-14-16-17(18(19)21-20-16)15-12-9-8-10-13-15/h8-10,12-13H,2-7,11,14H2,1H3,(H3,19,20,21). The molecule has 0 saturated carbocycles. The summed E-state index contributed by atoms with van der Waals surface area (Å²) in [5.41, 5.74) is 9.43. The lowest BCUT2D eigenvalue weighted by Crippen LogP contribution is -1.92. The number of hydrogen-bond acceptors (Lipinski definition) is 2. The van der Waals surface area contributed by atoms with Gasteiger partial charge in [-0.1, -0.05) is 75.8 Å². The first-order valence-corrected chi connectivity index (χ1v) is 8.21. The number of anilines is 1. The van der Waals surface area contributed by atoms with Crippen LogP contribution < -0.4 is 5.73 Å². The number of nitrogen functional groups attached to an aromatic ring is 1. The van der Waals surface area contributed by atoms with E-state index in [1.54, 1.807) is 0 Å². The number of benzene rings is 1. The van der Waals surface area contributed by atoms with Gasteiger partial charge in [-0.2, -0.15) is 5.10 Å². The van der Waals surface area contributed by atoms with Crippen molar-refractivity contribution in [2.24, 2.45) is 0 Å². The average Bonchev–Trinajstić information content (AvgIpc) is 2.88. The van der Waals surface area contributed by atoms with Gasteiger partial charge in [-0.3, -0.25) is 5.10 Å². The summed E-state index contributed by atoms with van der Waals surface area (Å²) in [5.74, 6) is 0.610. The van der Waals surface area contributed by atoms with Crippen molar-refractivity contribution >= 4 is 5.82 Å². The maximum atomic E-state index is 6.02. The predicted octanol–water partition coefficient (Wildman–Crippen LogP) is 4.95. The Hall–Kier alpha value is -1.77. The zero-order chi connectivity index (χ0) is 14.9. The van der Waals surface area contributed by atoms with Crippen molar-refractivity contribution in [3.05, 3.63) is 36.0 Å². The number of H-pyrrole nitrogens is 1. The molecule has 0 saturated heterocycles. The highest BCUT2D eigenvalue weighted by atomic mass is 15.2. The van der Waals surface area contributed by atoms with E-state index in [4.69, 9.17) is 5.73 Å². The van der Waals surface area contributed by atoms with E-state index in [2.05, 4.69) is 29.3 Å². The first-order chi connectivity index (χ1) is 10.3. The molecule has 0 radical (unpaired) electrons. The van der Waals surface area contributed by atoms with Crippen LogP contribution >= 0.6 is 0 Å². The number of nitrogens with zero attached hydrogens (tertiary/aromatic N) is 1. The normalized spacial score (nSPS) is 10.9. The second kappa shape index (κ2) is 8.50. The fourth-order valence-electron chi connectivity index (χ4n) is 2.76. The summed E-state index contributed by atoms with van der Waals surface area (Å²) in [6.07, 6.45) is 10.3. The van der Waals surface area contributed by atoms with Gasteiger partial charge in [0.25, 0.3) is 0 Å². The monoisotopic (exact) mass is 285 g/mol. The smallest absolute Gasteiger partial charge is 0.153 e. The topological polar surface area (TPSA) is 54.7 Å². The summed E-state index contributed by atoms with van der Waals surface area (Å²) in [4.78, 5) is 0. The Bertz CT molecular complexity index is 517. The van der Waals surface area contributed by atoms with Gasteiger partial charge >= 0.3 is 0 Å². The number of hydrogen-bond donors (Lipinski definition) is 2. The Morgan fingerprint density at radius 1 is 0.952 bits per heavy atom. The van der Waals surface area contributed by atoms with Gasteiger partial charge in [-0.05, 0) is 18.4 Å². The second-order valence-electron chi connectivity index (χ2n) is 5.70. The van der Waals surface area contributed by atoms with Gasteiger partial charge < -0.3 is 5.73 Å². The number of nitrogens with one attached hydrogen (secondary N) is 1. The van der Waals surface area contributed by atoms with E-state index in [9.17, 15) is 0 Å². The number of unbranched alkanes of at least 4 members (excludes halogenated alkanes) is 6. The van der Waals surface area contributed by atoms with Gasteiger partial charge in [0, 0.05) is 11.3 Å². The molecule has 0 fully saturated rings. The highest BCUT2D eigenvalue weighted by molar-refractivity contribution is 5.76. The minimum absolute atomic E-state index is 0.610. The Morgan fingerprint density at radius 2 is 1.62 bits per heavy atom. The van der Waals surface area contributed by atoms with Crippen molar-refractivity contribution in [3.8, 4) is 11.1 Å². The first-order valence-electron chi connectivity index (χ1n) is 8.21. The summed E-state index contributed by atoms with van der Waals surface area (Å²) < 4.78 is 0. The zero-order valence-corrected chi connectivity index (χ0v) is 13.1. The highest BCUT2D eigenvalue weighted by Crippen LogP contribution is 2.28. The Labute approximate surface area is 128 Å². The summed E-state index contributed by atoms with van der Waals surface area (Å²) in [6.45, 7) is 2.26. The molecule has 2 aromatic rings. The van der Waals surface area contributed by atoms with E-state index in [0.29, 0.717) is 5.82 Å². The van der Waals surface area contributed by atoms with Gasteiger partial charge in [0.2, 0.25) is 0 Å². The lowest BCUT2D eigenvalue weighted by molar-refractivity contribution is 0.587. The van der Waals surface area contributed by atoms with Crippen molar-refractivity contribution in [1.82, 2.24) is 10.2 Å². The quantitative estimate of drug-likeness (QED) is 0.640. The molecule has 3 N–H and O–H groups in total. The van der Waals surface area contributed by atoms with Crippen LogP contribution in [-0.4, -0.2) is 10.2 Å². The minimum atomic E-state index is 0.610. The third-order valence-electron chi connectivity index (χ3n) is 3.96. The van der Waals surface area contributed by atoms with E-state index in [0.717, 1.165) is 17.5 Å². The maximum absolute atomic E-state index is 6.02. The molecule has 0 amide bonds. The van der Waals surface area contributed by atoms with Gasteiger partial charge in [0.05, 0.1) is 0 Å². The molecule has 0 atom stereocenters. The molecule has 0 bridgehead atoms. The summed E-state index contributed by atoms with van der Waals surface area (Å²) in [6, 6.07) is 10.3. The molecule has 3 nitrogen and oxygen atoms in total. The molecule has 0 aliphatic rings. The number of nitrogens with two attached hydrogens (primary N) is 1. The number of aromatic nitrogens is 2. The first kappa shape index (κ1) is 15.6. The van der Waals surface area contributed by atoms with Gasteiger partial charge in [-0.15, -0.1) is 0 Å². The maximum Gasteiger partial charge on any atom is 0.153 e. The van der Waals surface area contributed by atoms with Gasteiger partial charge in [0.15, 0.2) is 5.82 Å². The fraction of sp³-hybridized carbons (Fsp3) is 0.500. The summed E-state index contributed by atoms with van der Waals surface area (Å²) in [7, 11) is 0. The van der Waals surface area contributed by atoms with Crippen LogP contribution in [0.4, 0.5) is 5.82 Å². The van der Waals surface area contributed by atoms with Crippen LogP contribution in [0.5, 0.6) is 0 Å². The summed E-state index contributed by atoms with van der Waals surface area (Å²) in [5, 5.41) is 7.29.